The summed E-state index contributed by atoms with van der Waals surface area (Å²) in [6.07, 6.45) is 6.21. The Morgan fingerprint density at radius 2 is 1.94 bits per heavy atom. The maximum atomic E-state index is 13.5. The molecule has 33 heavy (non-hydrogen) atoms. The van der Waals surface area contributed by atoms with Crippen molar-refractivity contribution in [3.63, 3.8) is 0 Å². The molecule has 2 N–H and O–H groups in total. The molecule has 1 aliphatic heterocycles. The Morgan fingerprint density at radius 1 is 1.15 bits per heavy atom. The summed E-state index contributed by atoms with van der Waals surface area (Å²) >= 11 is 0. The Kier molecular flexibility index (Phi) is 10.3. The predicted molar refractivity (Wildman–Crippen MR) is 131 cm³/mol. The van der Waals surface area contributed by atoms with E-state index in [2.05, 4.69) is 24.5 Å². The van der Waals surface area contributed by atoms with Gasteiger partial charge < -0.3 is 29.7 Å². The van der Waals surface area contributed by atoms with Gasteiger partial charge in [-0.3, -0.25) is 4.79 Å². The lowest BCUT2D eigenvalue weighted by Gasteiger charge is -2.32. The third kappa shape index (κ3) is 7.33. The molecule has 1 saturated carbocycles. The van der Waals surface area contributed by atoms with Crippen LogP contribution in [0.15, 0.2) is 18.2 Å². The van der Waals surface area contributed by atoms with Gasteiger partial charge in [0.2, 0.25) is 0 Å². The van der Waals surface area contributed by atoms with Crippen molar-refractivity contribution >= 4 is 5.91 Å². The molecule has 1 saturated heterocycles. The van der Waals surface area contributed by atoms with Crippen LogP contribution in [0.5, 0.6) is 11.5 Å². The zero-order chi connectivity index (χ0) is 23.6. The Balaban J connectivity index is 1.65. The third-order valence-electron chi connectivity index (χ3n) is 6.96. The second kappa shape index (κ2) is 13.2. The number of hydrogen-bond acceptors (Lipinski definition) is 6. The van der Waals surface area contributed by atoms with Gasteiger partial charge in [-0.1, -0.05) is 12.8 Å². The van der Waals surface area contributed by atoms with Crippen molar-refractivity contribution in [2.45, 2.75) is 58.0 Å². The van der Waals surface area contributed by atoms with Crippen LogP contribution >= 0.6 is 0 Å². The van der Waals surface area contributed by atoms with E-state index in [1.165, 1.54) is 25.7 Å². The Labute approximate surface area is 199 Å². The minimum absolute atomic E-state index is 0.0378. The van der Waals surface area contributed by atoms with Crippen molar-refractivity contribution in [2.75, 3.05) is 53.6 Å². The molecule has 3 rings (SSSR count). The fourth-order valence-electron chi connectivity index (χ4n) is 4.95. The molecule has 0 radical (unpaired) electrons. The van der Waals surface area contributed by atoms with Gasteiger partial charge in [0.25, 0.3) is 5.91 Å². The maximum absolute atomic E-state index is 13.5. The van der Waals surface area contributed by atoms with E-state index in [9.17, 15) is 4.79 Å². The first kappa shape index (κ1) is 25.8. The van der Waals surface area contributed by atoms with Gasteiger partial charge in [0.1, 0.15) is 0 Å². The van der Waals surface area contributed by atoms with Crippen LogP contribution in [0.1, 0.15) is 56.3 Å². The molecule has 2 atom stereocenters. The van der Waals surface area contributed by atoms with Crippen molar-refractivity contribution in [1.82, 2.24) is 15.5 Å². The fourth-order valence-corrected chi connectivity index (χ4v) is 4.95. The van der Waals surface area contributed by atoms with Crippen LogP contribution in [0.2, 0.25) is 0 Å². The van der Waals surface area contributed by atoms with Gasteiger partial charge >= 0.3 is 0 Å². The van der Waals surface area contributed by atoms with E-state index in [4.69, 9.17) is 14.2 Å². The van der Waals surface area contributed by atoms with E-state index < -0.39 is 0 Å². The number of rotatable bonds is 13. The lowest BCUT2D eigenvalue weighted by molar-refractivity contribution is 0.0667. The van der Waals surface area contributed by atoms with Gasteiger partial charge in [-0.15, -0.1) is 0 Å². The van der Waals surface area contributed by atoms with Gasteiger partial charge in [0.05, 0.1) is 13.7 Å². The second-order valence-electron chi connectivity index (χ2n) is 9.70. The molecule has 2 fully saturated rings. The average Bonchev–Trinajstić information content (AvgIpc) is 3.50. The van der Waals surface area contributed by atoms with Crippen molar-refractivity contribution in [2.24, 2.45) is 11.8 Å². The highest BCUT2D eigenvalue weighted by Crippen LogP contribution is 2.29. The van der Waals surface area contributed by atoms with E-state index in [0.717, 1.165) is 38.5 Å². The van der Waals surface area contributed by atoms with Crippen LogP contribution in [-0.2, 0) is 4.74 Å². The minimum Gasteiger partial charge on any atom is -0.493 e. The van der Waals surface area contributed by atoms with Crippen molar-refractivity contribution in [1.29, 1.82) is 0 Å². The van der Waals surface area contributed by atoms with Crippen LogP contribution in [0.4, 0.5) is 0 Å². The first-order valence-electron chi connectivity index (χ1n) is 12.6. The molecule has 186 valence electrons. The van der Waals surface area contributed by atoms with Gasteiger partial charge in [0, 0.05) is 63.3 Å². The number of carbonyl (C=O) groups is 1. The number of ether oxygens (including phenoxy) is 3. The molecule has 1 aromatic rings. The zero-order valence-electron chi connectivity index (χ0n) is 20.9. The molecule has 2 unspecified atom stereocenters. The standard InChI is InChI=1S/C26H43N3O4/c1-19(2)29(18-22-16-27-17-23(22)28-15-20-8-5-6-9-20)26(30)21-10-11-24(32-4)25(14-21)33-13-7-12-31-3/h10-11,14,19-20,22-23,27-28H,5-9,12-13,15-18H2,1-4H3. The van der Waals surface area contributed by atoms with E-state index >= 15 is 0 Å². The van der Waals surface area contributed by atoms with Crippen LogP contribution in [-0.4, -0.2) is 76.5 Å². The minimum atomic E-state index is 0.0378. The van der Waals surface area contributed by atoms with E-state index in [-0.39, 0.29) is 11.9 Å². The van der Waals surface area contributed by atoms with Crippen LogP contribution in [0.25, 0.3) is 0 Å². The molecule has 7 nitrogen and oxygen atoms in total. The molecule has 0 aromatic heterocycles. The SMILES string of the molecule is COCCCOc1cc(C(=O)N(CC2CNCC2NCC2CCCC2)C(C)C)ccc1OC. The van der Waals surface area contributed by atoms with Gasteiger partial charge in [-0.25, -0.2) is 0 Å². The monoisotopic (exact) mass is 461 g/mol. The molecule has 2 aliphatic rings. The molecule has 1 heterocycles. The number of hydrogen-bond donors (Lipinski definition) is 2. The lowest BCUT2D eigenvalue weighted by atomic mass is 10.00. The fraction of sp³-hybridized carbons (Fsp3) is 0.731. The normalized spacial score (nSPS) is 21.0. The largest absolute Gasteiger partial charge is 0.493 e. The van der Waals surface area contributed by atoms with Gasteiger partial charge in [0.15, 0.2) is 11.5 Å². The summed E-state index contributed by atoms with van der Waals surface area (Å²) in [6.45, 7) is 9.07. The Hall–Kier alpha value is -1.83. The van der Waals surface area contributed by atoms with Crippen LogP contribution in [0.3, 0.4) is 0 Å². The van der Waals surface area contributed by atoms with E-state index in [1.54, 1.807) is 14.2 Å². The third-order valence-corrected chi connectivity index (χ3v) is 6.96. The Bertz CT molecular complexity index is 736. The summed E-state index contributed by atoms with van der Waals surface area (Å²) in [4.78, 5) is 15.5. The smallest absolute Gasteiger partial charge is 0.254 e. The molecule has 0 bridgehead atoms. The summed E-state index contributed by atoms with van der Waals surface area (Å²) in [5, 5.41) is 7.34. The van der Waals surface area contributed by atoms with Gasteiger partial charge in [-0.2, -0.15) is 0 Å². The summed E-state index contributed by atoms with van der Waals surface area (Å²) in [5.74, 6) is 2.49. The molecule has 1 aliphatic carbocycles. The molecule has 1 amide bonds. The number of benzene rings is 1. The summed E-state index contributed by atoms with van der Waals surface area (Å²) in [7, 11) is 3.29. The van der Waals surface area contributed by atoms with Crippen molar-refractivity contribution < 1.29 is 19.0 Å². The van der Waals surface area contributed by atoms with Crippen LogP contribution in [0, 0.1) is 11.8 Å². The zero-order valence-corrected chi connectivity index (χ0v) is 20.9. The molecular formula is C26H43N3O4. The number of nitrogens with one attached hydrogen (secondary N) is 2. The average molecular weight is 462 g/mol. The Morgan fingerprint density at radius 3 is 2.64 bits per heavy atom. The van der Waals surface area contributed by atoms with Crippen molar-refractivity contribution in [3.8, 4) is 11.5 Å². The molecule has 1 aromatic carbocycles. The summed E-state index contributed by atoms with van der Waals surface area (Å²) in [5.41, 5.74) is 0.632. The maximum Gasteiger partial charge on any atom is 0.254 e. The summed E-state index contributed by atoms with van der Waals surface area (Å²) in [6, 6.07) is 5.99. The predicted octanol–water partition coefficient (Wildman–Crippen LogP) is 3.33. The topological polar surface area (TPSA) is 72.1 Å². The van der Waals surface area contributed by atoms with Crippen molar-refractivity contribution in [3.05, 3.63) is 23.8 Å². The second-order valence-corrected chi connectivity index (χ2v) is 9.70. The number of methoxy groups -OCH3 is 2. The number of nitrogens with zero attached hydrogens (tertiary/aromatic N) is 1. The highest BCUT2D eigenvalue weighted by atomic mass is 16.5. The van der Waals surface area contributed by atoms with Crippen LogP contribution < -0.4 is 20.1 Å². The molecule has 0 spiro atoms. The molecule has 7 heteroatoms. The quantitative estimate of drug-likeness (QED) is 0.439. The molecular weight excluding hydrogens is 418 g/mol. The van der Waals surface area contributed by atoms with Gasteiger partial charge in [-0.05, 0) is 57.4 Å². The first-order valence-corrected chi connectivity index (χ1v) is 12.6. The lowest BCUT2D eigenvalue weighted by Crippen LogP contribution is -2.47. The van der Waals surface area contributed by atoms with E-state index in [1.807, 2.05) is 23.1 Å². The number of amides is 1. The number of carbonyl (C=O) groups excluding carboxylic acids is 1. The summed E-state index contributed by atoms with van der Waals surface area (Å²) < 4.78 is 16.4. The first-order chi connectivity index (χ1) is 16.0. The van der Waals surface area contributed by atoms with E-state index in [0.29, 0.717) is 42.2 Å². The highest BCUT2D eigenvalue weighted by Gasteiger charge is 2.32. The highest BCUT2D eigenvalue weighted by molar-refractivity contribution is 5.95.